The van der Waals surface area contributed by atoms with Crippen LogP contribution in [0, 0.1) is 23.5 Å². The van der Waals surface area contributed by atoms with E-state index in [-0.39, 0.29) is 36.4 Å². The molecule has 0 bridgehead atoms. The van der Waals surface area contributed by atoms with Gasteiger partial charge in [0, 0.05) is 42.8 Å². The maximum Gasteiger partial charge on any atom is 0.411 e. The van der Waals surface area contributed by atoms with Crippen LogP contribution in [0.1, 0.15) is 118 Å². The van der Waals surface area contributed by atoms with Gasteiger partial charge in [-0.25, -0.2) is 18.4 Å². The number of likely N-dealkylation sites (tertiary alicyclic amines) is 2. The summed E-state index contributed by atoms with van der Waals surface area (Å²) in [5.74, 6) is -0.111. The Morgan fingerprint density at radius 1 is 0.854 bits per heavy atom. The number of benzene rings is 1. The van der Waals surface area contributed by atoms with Gasteiger partial charge in [-0.2, -0.15) is 0 Å². The number of nitrogens with one attached hydrogen (secondary N) is 1. The van der Waals surface area contributed by atoms with Crippen LogP contribution >= 0.6 is 0 Å². The third kappa shape index (κ3) is 10.3. The number of ether oxygens (including phenoxy) is 2. The average Bonchev–Trinajstić information content (AvgIpc) is 3.55. The largest absolute Gasteiger partial charge is 0.444 e. The van der Waals surface area contributed by atoms with Crippen LogP contribution in [0.5, 0.6) is 0 Å². The van der Waals surface area contributed by atoms with E-state index in [4.69, 9.17) is 9.47 Å². The van der Waals surface area contributed by atoms with Gasteiger partial charge in [-0.1, -0.05) is 37.3 Å². The lowest BCUT2D eigenvalue weighted by Gasteiger charge is -2.35. The van der Waals surface area contributed by atoms with Gasteiger partial charge in [-0.05, 0) is 111 Å². The van der Waals surface area contributed by atoms with E-state index in [9.17, 15) is 23.2 Å². The van der Waals surface area contributed by atoms with Crippen molar-refractivity contribution in [2.75, 3.05) is 13.1 Å². The summed E-state index contributed by atoms with van der Waals surface area (Å²) in [5.41, 5.74) is 0.301. The van der Waals surface area contributed by atoms with Gasteiger partial charge in [-0.3, -0.25) is 4.90 Å². The Hall–Kier alpha value is -3.01. The maximum atomic E-state index is 13.9. The van der Waals surface area contributed by atoms with Gasteiger partial charge in [0.15, 0.2) is 0 Å². The Morgan fingerprint density at radius 3 is 1.96 bits per heavy atom. The van der Waals surface area contributed by atoms with Gasteiger partial charge in [-0.15, -0.1) is 0 Å². The standard InChI is InChI=1S/C24H34F2N2O2.C14H23NO3/c1-16(11-17-9-10-19(25)13-21(17)26)14-27-15-20-12-18-7-5-6-8-22(18)28(20)23(29)30-24(2,3)4;1-14(2,3)18-13(17)15-11(9-16)8-10-6-4-5-7-12(10)15/h9-11,13,18,20,22,27H,5-8,12,14-15H2,1-4H3;9-12H,4-8H2,1-3H3/b16-11+;/t18-,20-,22-;10-,11-,12-/m00/s1. The molecule has 2 heterocycles. The molecule has 2 saturated heterocycles. The van der Waals surface area contributed by atoms with Crippen LogP contribution in [0.3, 0.4) is 0 Å². The van der Waals surface area contributed by atoms with Crippen LogP contribution in [0.15, 0.2) is 23.8 Å². The van der Waals surface area contributed by atoms with Crippen LogP contribution < -0.4 is 5.32 Å². The number of carbonyl (C=O) groups is 3. The zero-order valence-electron chi connectivity index (χ0n) is 30.0. The molecule has 2 amide bonds. The molecule has 4 fully saturated rings. The molecular weight excluding hydrogens is 616 g/mol. The smallest absolute Gasteiger partial charge is 0.411 e. The SMILES string of the molecule is C/C(=C\c1ccc(F)cc1F)CNC[C@@H]1C[C@@H]2CCCC[C@@H]2N1C(=O)OC(C)(C)C.CC(C)(C)OC(=O)N1[C@H](C=O)C[C@@H]2CCCC[C@@H]21. The van der Waals surface area contributed by atoms with Gasteiger partial charge in [0.25, 0.3) is 0 Å². The predicted molar refractivity (Wildman–Crippen MR) is 183 cm³/mol. The van der Waals surface area contributed by atoms with Gasteiger partial charge < -0.3 is 24.5 Å². The second-order valence-electron chi connectivity index (χ2n) is 16.1. The highest BCUT2D eigenvalue weighted by atomic mass is 19.1. The number of nitrogens with zero attached hydrogens (tertiary/aromatic N) is 2. The molecule has 0 aromatic heterocycles. The topological polar surface area (TPSA) is 88.2 Å². The Morgan fingerprint density at radius 2 is 1.40 bits per heavy atom. The van der Waals surface area contributed by atoms with Crippen molar-refractivity contribution in [3.8, 4) is 0 Å². The first-order chi connectivity index (χ1) is 22.6. The van der Waals surface area contributed by atoms with E-state index in [0.29, 0.717) is 30.5 Å². The van der Waals surface area contributed by atoms with Gasteiger partial charge in [0.05, 0.1) is 6.04 Å². The second kappa shape index (κ2) is 16.1. The minimum atomic E-state index is -0.578. The van der Waals surface area contributed by atoms with Gasteiger partial charge in [0.2, 0.25) is 0 Å². The molecular formula is C38H57F2N3O5. The fourth-order valence-electron chi connectivity index (χ4n) is 7.92. The van der Waals surface area contributed by atoms with Crippen LogP contribution in [0.25, 0.3) is 6.08 Å². The number of amides is 2. The highest BCUT2D eigenvalue weighted by Crippen LogP contribution is 2.41. The molecule has 48 heavy (non-hydrogen) atoms. The molecule has 1 aromatic rings. The molecule has 0 unspecified atom stereocenters. The lowest BCUT2D eigenvalue weighted by molar-refractivity contribution is -0.112. The third-order valence-electron chi connectivity index (χ3n) is 9.84. The molecule has 1 aromatic carbocycles. The summed E-state index contributed by atoms with van der Waals surface area (Å²) >= 11 is 0. The molecule has 8 nitrogen and oxygen atoms in total. The van der Waals surface area contributed by atoms with E-state index in [1.807, 2.05) is 53.4 Å². The Balaban J connectivity index is 0.000000246. The maximum absolute atomic E-state index is 13.9. The van der Waals surface area contributed by atoms with Crippen molar-refractivity contribution in [2.24, 2.45) is 11.8 Å². The molecule has 2 saturated carbocycles. The Labute approximate surface area is 286 Å². The zero-order chi connectivity index (χ0) is 35.2. The van der Waals surface area contributed by atoms with Crippen molar-refractivity contribution in [3.05, 3.63) is 41.0 Å². The molecule has 4 aliphatic rings. The lowest BCUT2D eigenvalue weighted by atomic mass is 9.85. The first-order valence-corrected chi connectivity index (χ1v) is 17.9. The molecule has 268 valence electrons. The molecule has 2 aliphatic carbocycles. The highest BCUT2D eigenvalue weighted by molar-refractivity contribution is 5.75. The monoisotopic (exact) mass is 673 g/mol. The molecule has 1 N–H and O–H groups in total. The van der Waals surface area contributed by atoms with Gasteiger partial charge in [0.1, 0.15) is 29.1 Å². The van der Waals surface area contributed by atoms with Crippen molar-refractivity contribution >= 4 is 24.5 Å². The number of fused-ring (bicyclic) bond motifs is 2. The fourth-order valence-corrected chi connectivity index (χ4v) is 7.92. The fraction of sp³-hybridized carbons (Fsp3) is 0.711. The number of aldehydes is 1. The van der Waals surface area contributed by atoms with Crippen LogP contribution in [-0.4, -0.2) is 76.7 Å². The predicted octanol–water partition coefficient (Wildman–Crippen LogP) is 8.28. The van der Waals surface area contributed by atoms with E-state index in [1.54, 1.807) is 11.0 Å². The van der Waals surface area contributed by atoms with E-state index in [2.05, 4.69) is 5.32 Å². The Bertz CT molecular complexity index is 1310. The quantitative estimate of drug-likeness (QED) is 0.306. The third-order valence-corrected chi connectivity index (χ3v) is 9.84. The number of carbonyl (C=O) groups excluding carboxylic acids is 3. The normalized spacial score (nSPS) is 27.4. The summed E-state index contributed by atoms with van der Waals surface area (Å²) in [6.45, 7) is 14.4. The lowest BCUT2D eigenvalue weighted by Crippen LogP contribution is -2.48. The zero-order valence-corrected chi connectivity index (χ0v) is 30.0. The highest BCUT2D eigenvalue weighted by Gasteiger charge is 2.47. The first kappa shape index (κ1) is 37.8. The summed E-state index contributed by atoms with van der Waals surface area (Å²) in [6, 6.07) is 3.89. The molecule has 0 radical (unpaired) electrons. The number of halogens is 2. The summed E-state index contributed by atoms with van der Waals surface area (Å²) in [4.78, 5) is 40.0. The number of rotatable bonds is 6. The minimum absolute atomic E-state index is 0.100. The molecule has 0 spiro atoms. The van der Waals surface area contributed by atoms with E-state index in [1.165, 1.54) is 31.4 Å². The number of hydrogen-bond acceptors (Lipinski definition) is 6. The molecule has 5 rings (SSSR count). The molecule has 10 heteroatoms. The first-order valence-electron chi connectivity index (χ1n) is 17.9. The van der Waals surface area contributed by atoms with Crippen molar-refractivity contribution < 1.29 is 32.6 Å². The van der Waals surface area contributed by atoms with E-state index < -0.39 is 22.8 Å². The van der Waals surface area contributed by atoms with Crippen molar-refractivity contribution in [1.29, 1.82) is 0 Å². The second-order valence-corrected chi connectivity index (χ2v) is 16.1. The molecule has 2 aliphatic heterocycles. The summed E-state index contributed by atoms with van der Waals surface area (Å²) in [6.07, 6.45) is 13.0. The minimum Gasteiger partial charge on any atom is -0.444 e. The van der Waals surface area contributed by atoms with Crippen LogP contribution in [0.4, 0.5) is 18.4 Å². The Kier molecular flexibility index (Phi) is 12.7. The van der Waals surface area contributed by atoms with Crippen molar-refractivity contribution in [1.82, 2.24) is 15.1 Å². The van der Waals surface area contributed by atoms with Crippen LogP contribution in [0.2, 0.25) is 0 Å². The van der Waals surface area contributed by atoms with E-state index >= 15 is 0 Å². The average molecular weight is 674 g/mol. The summed E-state index contributed by atoms with van der Waals surface area (Å²) in [5, 5.41) is 3.42. The van der Waals surface area contributed by atoms with Crippen molar-refractivity contribution in [3.63, 3.8) is 0 Å². The summed E-state index contributed by atoms with van der Waals surface area (Å²) < 4.78 is 38.1. The molecule has 6 atom stereocenters. The van der Waals surface area contributed by atoms with E-state index in [0.717, 1.165) is 62.9 Å². The van der Waals surface area contributed by atoms with Crippen molar-refractivity contribution in [2.45, 2.75) is 148 Å². The van der Waals surface area contributed by atoms with Crippen LogP contribution in [-0.2, 0) is 14.3 Å². The summed E-state index contributed by atoms with van der Waals surface area (Å²) in [7, 11) is 0. The van der Waals surface area contributed by atoms with Gasteiger partial charge >= 0.3 is 12.2 Å². The number of hydrogen-bond donors (Lipinski definition) is 1.